The number of nitrogens with zero attached hydrogens (tertiary/aromatic N) is 3. The normalized spacial score (nSPS) is 13.0. The molecule has 29 heavy (non-hydrogen) atoms. The third-order valence-corrected chi connectivity index (χ3v) is 6.45. The molecular formula is C22H26N4O2S. The molecule has 0 saturated heterocycles. The largest absolute Gasteiger partial charge is 0.467 e. The van der Waals surface area contributed by atoms with Crippen molar-refractivity contribution >= 4 is 38.8 Å². The molecule has 0 spiro atoms. The first-order valence-corrected chi connectivity index (χ1v) is 10.9. The first kappa shape index (κ1) is 19.6. The molecule has 1 aliphatic rings. The summed E-state index contributed by atoms with van der Waals surface area (Å²) in [6.45, 7) is 7.34. The fraction of sp³-hybridized carbons (Fsp3) is 0.409. The predicted molar refractivity (Wildman–Crippen MR) is 118 cm³/mol. The molecule has 1 amide bonds. The van der Waals surface area contributed by atoms with Crippen LogP contribution < -0.4 is 15.0 Å². The summed E-state index contributed by atoms with van der Waals surface area (Å²) in [4.78, 5) is 25.7. The molecule has 0 bridgehead atoms. The van der Waals surface area contributed by atoms with Gasteiger partial charge in [-0.1, -0.05) is 0 Å². The molecular weight excluding hydrogens is 384 g/mol. The van der Waals surface area contributed by atoms with Crippen LogP contribution in [0.25, 0.3) is 10.2 Å². The Bertz CT molecular complexity index is 1010. The van der Waals surface area contributed by atoms with E-state index in [0.717, 1.165) is 47.4 Å². The number of aryl methyl sites for hydroxylation is 2. The molecule has 1 aliphatic carbocycles. The lowest BCUT2D eigenvalue weighted by atomic mass is 10.2. The van der Waals surface area contributed by atoms with E-state index >= 15 is 0 Å². The van der Waals surface area contributed by atoms with Gasteiger partial charge >= 0.3 is 0 Å². The second-order valence-electron chi connectivity index (χ2n) is 7.48. The van der Waals surface area contributed by atoms with Crippen LogP contribution in [0, 0.1) is 0 Å². The number of rotatable bonds is 7. The molecule has 0 radical (unpaired) electrons. The molecule has 0 saturated carbocycles. The Morgan fingerprint density at radius 1 is 1.24 bits per heavy atom. The van der Waals surface area contributed by atoms with E-state index in [1.54, 1.807) is 11.3 Å². The first-order chi connectivity index (χ1) is 14.1. The minimum atomic E-state index is -0.201. The van der Waals surface area contributed by atoms with E-state index in [1.807, 2.05) is 24.3 Å². The van der Waals surface area contributed by atoms with Crippen LogP contribution in [0.5, 0.6) is 5.88 Å². The molecule has 2 aromatic heterocycles. The van der Waals surface area contributed by atoms with Crippen LogP contribution in [0.15, 0.2) is 30.6 Å². The van der Waals surface area contributed by atoms with E-state index in [4.69, 9.17) is 4.74 Å². The summed E-state index contributed by atoms with van der Waals surface area (Å²) in [7, 11) is 0. The van der Waals surface area contributed by atoms with Crippen molar-refractivity contribution in [2.75, 3.05) is 23.4 Å². The Labute approximate surface area is 174 Å². The van der Waals surface area contributed by atoms with Gasteiger partial charge in [0.05, 0.1) is 5.39 Å². The van der Waals surface area contributed by atoms with Crippen molar-refractivity contribution < 1.29 is 9.53 Å². The molecule has 1 aromatic carbocycles. The number of aromatic nitrogens is 2. The van der Waals surface area contributed by atoms with E-state index in [0.29, 0.717) is 11.9 Å². The van der Waals surface area contributed by atoms with Gasteiger partial charge in [-0.25, -0.2) is 9.97 Å². The maximum Gasteiger partial charge on any atom is 0.262 e. The highest BCUT2D eigenvalue weighted by molar-refractivity contribution is 7.18. The number of hydrogen-bond acceptors (Lipinski definition) is 6. The van der Waals surface area contributed by atoms with Gasteiger partial charge in [0.1, 0.15) is 11.2 Å². The lowest BCUT2D eigenvalue weighted by molar-refractivity contribution is -0.118. The van der Waals surface area contributed by atoms with Crippen LogP contribution >= 0.6 is 11.3 Å². The summed E-state index contributed by atoms with van der Waals surface area (Å²) in [5.41, 5.74) is 3.19. The number of fused-ring (bicyclic) bond motifs is 3. The second kappa shape index (κ2) is 8.37. The fourth-order valence-corrected chi connectivity index (χ4v) is 5.14. The van der Waals surface area contributed by atoms with Gasteiger partial charge in [-0.15, -0.1) is 11.3 Å². The summed E-state index contributed by atoms with van der Waals surface area (Å²) in [6.07, 6.45) is 4.80. The highest BCUT2D eigenvalue weighted by Crippen LogP contribution is 2.39. The molecule has 4 rings (SSSR count). The number of ether oxygens (including phenoxy) is 1. The van der Waals surface area contributed by atoms with Gasteiger partial charge in [0.15, 0.2) is 6.61 Å². The Hall–Kier alpha value is -2.67. The zero-order valence-corrected chi connectivity index (χ0v) is 17.9. The first-order valence-electron chi connectivity index (χ1n) is 10.1. The number of carbonyl (C=O) groups is 1. The van der Waals surface area contributed by atoms with E-state index in [1.165, 1.54) is 16.8 Å². The summed E-state index contributed by atoms with van der Waals surface area (Å²) in [5, 5.41) is 3.88. The standard InChI is InChI=1S/C22H26N4O2S/c1-4-26(14(2)3)16-10-8-15(9-11-16)25-19(27)12-28-21-20-17-6-5-7-18(17)29-22(20)24-13-23-21/h8-11,13-14H,4-7,12H2,1-3H3,(H,25,27). The van der Waals surface area contributed by atoms with Crippen molar-refractivity contribution in [3.8, 4) is 5.88 Å². The minimum absolute atomic E-state index is 0.0778. The van der Waals surface area contributed by atoms with Crippen LogP contribution in [0.4, 0.5) is 11.4 Å². The maximum atomic E-state index is 12.4. The van der Waals surface area contributed by atoms with Gasteiger partial charge in [-0.3, -0.25) is 4.79 Å². The molecule has 3 aromatic rings. The predicted octanol–water partition coefficient (Wildman–Crippen LogP) is 4.43. The van der Waals surface area contributed by atoms with Crippen molar-refractivity contribution in [2.24, 2.45) is 0 Å². The van der Waals surface area contributed by atoms with E-state index < -0.39 is 0 Å². The SMILES string of the molecule is CCN(c1ccc(NC(=O)COc2ncnc3sc4c(c23)CCC4)cc1)C(C)C. The molecule has 152 valence electrons. The van der Waals surface area contributed by atoms with Gasteiger partial charge in [-0.2, -0.15) is 0 Å². The average molecular weight is 411 g/mol. The molecule has 0 atom stereocenters. The number of nitrogens with one attached hydrogen (secondary N) is 1. The monoisotopic (exact) mass is 410 g/mol. The van der Waals surface area contributed by atoms with E-state index in [-0.39, 0.29) is 12.5 Å². The van der Waals surface area contributed by atoms with E-state index in [9.17, 15) is 4.79 Å². The van der Waals surface area contributed by atoms with Crippen LogP contribution in [-0.2, 0) is 17.6 Å². The average Bonchev–Trinajstić information content (AvgIpc) is 3.29. The summed E-state index contributed by atoms with van der Waals surface area (Å²) >= 11 is 1.71. The molecule has 0 unspecified atom stereocenters. The summed E-state index contributed by atoms with van der Waals surface area (Å²) in [6, 6.07) is 8.34. The molecule has 1 N–H and O–H groups in total. The van der Waals surface area contributed by atoms with Crippen LogP contribution in [0.3, 0.4) is 0 Å². The zero-order chi connectivity index (χ0) is 20.4. The minimum Gasteiger partial charge on any atom is -0.467 e. The Kier molecular flexibility index (Phi) is 5.67. The third kappa shape index (κ3) is 4.05. The molecule has 2 heterocycles. The molecule has 0 aliphatic heterocycles. The number of carbonyl (C=O) groups excluding carboxylic acids is 1. The number of amides is 1. The topological polar surface area (TPSA) is 67.4 Å². The molecule has 6 nitrogen and oxygen atoms in total. The number of thiophene rings is 1. The van der Waals surface area contributed by atoms with Crippen molar-refractivity contribution in [2.45, 2.75) is 46.1 Å². The molecule has 0 fully saturated rings. The van der Waals surface area contributed by atoms with E-state index in [2.05, 4.69) is 41.0 Å². The lowest BCUT2D eigenvalue weighted by Crippen LogP contribution is -2.30. The molecule has 7 heteroatoms. The Morgan fingerprint density at radius 3 is 2.76 bits per heavy atom. The number of benzene rings is 1. The fourth-order valence-electron chi connectivity index (χ4n) is 3.92. The summed E-state index contributed by atoms with van der Waals surface area (Å²) < 4.78 is 5.78. The van der Waals surface area contributed by atoms with Gasteiger partial charge < -0.3 is 15.0 Å². The lowest BCUT2D eigenvalue weighted by Gasteiger charge is -2.27. The number of anilines is 2. The third-order valence-electron chi connectivity index (χ3n) is 5.25. The van der Waals surface area contributed by atoms with Gasteiger partial charge in [0, 0.05) is 28.8 Å². The van der Waals surface area contributed by atoms with Gasteiger partial charge in [0.2, 0.25) is 5.88 Å². The Balaban J connectivity index is 1.40. The highest BCUT2D eigenvalue weighted by atomic mass is 32.1. The van der Waals surface area contributed by atoms with Gasteiger partial charge in [0.25, 0.3) is 5.91 Å². The quantitative estimate of drug-likeness (QED) is 0.624. The number of hydrogen-bond donors (Lipinski definition) is 1. The maximum absolute atomic E-state index is 12.4. The summed E-state index contributed by atoms with van der Waals surface area (Å²) in [5.74, 6) is 0.308. The highest BCUT2D eigenvalue weighted by Gasteiger charge is 2.22. The van der Waals surface area contributed by atoms with Crippen molar-refractivity contribution in [1.82, 2.24) is 9.97 Å². The van der Waals surface area contributed by atoms with Crippen LogP contribution in [0.1, 0.15) is 37.6 Å². The van der Waals surface area contributed by atoms with Crippen molar-refractivity contribution in [1.29, 1.82) is 0 Å². The van der Waals surface area contributed by atoms with Crippen LogP contribution in [0.2, 0.25) is 0 Å². The van der Waals surface area contributed by atoms with Crippen molar-refractivity contribution in [3.05, 3.63) is 41.0 Å². The van der Waals surface area contributed by atoms with Crippen molar-refractivity contribution in [3.63, 3.8) is 0 Å². The zero-order valence-electron chi connectivity index (χ0n) is 17.1. The van der Waals surface area contributed by atoms with Gasteiger partial charge in [-0.05, 0) is 69.9 Å². The van der Waals surface area contributed by atoms with Crippen LogP contribution in [-0.4, -0.2) is 35.1 Å². The second-order valence-corrected chi connectivity index (χ2v) is 8.56. The smallest absolute Gasteiger partial charge is 0.262 e. The Morgan fingerprint density at radius 2 is 2.03 bits per heavy atom.